The van der Waals surface area contributed by atoms with Crippen molar-refractivity contribution in [1.29, 1.82) is 0 Å². The Hall–Kier alpha value is -1.35. The van der Waals surface area contributed by atoms with Crippen LogP contribution < -0.4 is 5.73 Å². The lowest BCUT2D eigenvalue weighted by Crippen LogP contribution is -2.37. The van der Waals surface area contributed by atoms with Crippen LogP contribution in [0, 0.1) is 11.8 Å². The number of likely N-dealkylation sites (tertiary alicyclic amines) is 1. The number of rotatable bonds is 2. The van der Waals surface area contributed by atoms with E-state index >= 15 is 0 Å². The van der Waals surface area contributed by atoms with Gasteiger partial charge in [-0.05, 0) is 25.0 Å². The van der Waals surface area contributed by atoms with E-state index in [1.807, 2.05) is 6.07 Å². The standard InChI is InChI=1S/C13H16N2O2S/c14-7-1-4-11-5-6-12(18-11)13(17)15-8-2-3-10(15)9-16/h5-6,10,16H,2-3,7-9,14H2. The van der Waals surface area contributed by atoms with Crippen molar-refractivity contribution >= 4 is 17.2 Å². The van der Waals surface area contributed by atoms with Gasteiger partial charge in [0, 0.05) is 6.54 Å². The number of carbonyl (C=O) groups is 1. The molecule has 0 bridgehead atoms. The van der Waals surface area contributed by atoms with Crippen LogP contribution in [-0.2, 0) is 0 Å². The maximum Gasteiger partial charge on any atom is 0.264 e. The van der Waals surface area contributed by atoms with Crippen molar-refractivity contribution in [3.8, 4) is 11.8 Å². The van der Waals surface area contributed by atoms with E-state index in [9.17, 15) is 9.90 Å². The van der Waals surface area contributed by atoms with E-state index in [0.717, 1.165) is 24.3 Å². The third-order valence-corrected chi connectivity index (χ3v) is 3.97. The molecule has 1 aromatic rings. The van der Waals surface area contributed by atoms with Crippen LogP contribution in [-0.4, -0.2) is 41.7 Å². The van der Waals surface area contributed by atoms with Crippen LogP contribution in [0.25, 0.3) is 0 Å². The van der Waals surface area contributed by atoms with Gasteiger partial charge in [0.05, 0.1) is 28.9 Å². The quantitative estimate of drug-likeness (QED) is 0.771. The molecule has 1 amide bonds. The first kappa shape index (κ1) is 13.1. The van der Waals surface area contributed by atoms with Crippen LogP contribution in [0.5, 0.6) is 0 Å². The number of thiophene rings is 1. The molecule has 1 aliphatic heterocycles. The fraction of sp³-hybridized carbons (Fsp3) is 0.462. The molecule has 1 fully saturated rings. The van der Waals surface area contributed by atoms with Crippen LogP contribution in [0.2, 0.25) is 0 Å². The molecule has 2 rings (SSSR count). The van der Waals surface area contributed by atoms with Crippen molar-refractivity contribution in [3.63, 3.8) is 0 Å². The van der Waals surface area contributed by atoms with Gasteiger partial charge in [-0.25, -0.2) is 0 Å². The highest BCUT2D eigenvalue weighted by molar-refractivity contribution is 7.14. The monoisotopic (exact) mass is 264 g/mol. The maximum absolute atomic E-state index is 12.3. The van der Waals surface area contributed by atoms with Crippen molar-refractivity contribution in [2.24, 2.45) is 5.73 Å². The highest BCUT2D eigenvalue weighted by Gasteiger charge is 2.29. The molecule has 2 heterocycles. The molecule has 1 saturated heterocycles. The molecule has 3 N–H and O–H groups in total. The van der Waals surface area contributed by atoms with Gasteiger partial charge in [-0.3, -0.25) is 4.79 Å². The molecule has 0 spiro atoms. The fourth-order valence-electron chi connectivity index (χ4n) is 2.09. The molecule has 1 aliphatic rings. The van der Waals surface area contributed by atoms with Gasteiger partial charge < -0.3 is 15.7 Å². The minimum Gasteiger partial charge on any atom is -0.394 e. The van der Waals surface area contributed by atoms with Crippen LogP contribution in [0.3, 0.4) is 0 Å². The normalized spacial score (nSPS) is 18.6. The second-order valence-electron chi connectivity index (χ2n) is 4.15. The molecule has 0 saturated carbocycles. The van der Waals surface area contributed by atoms with E-state index in [1.54, 1.807) is 11.0 Å². The number of nitrogens with two attached hydrogens (primary N) is 1. The Bertz CT molecular complexity index is 487. The molecular formula is C13H16N2O2S. The second-order valence-corrected chi connectivity index (χ2v) is 5.23. The topological polar surface area (TPSA) is 66.6 Å². The summed E-state index contributed by atoms with van der Waals surface area (Å²) in [7, 11) is 0. The van der Waals surface area contributed by atoms with E-state index in [-0.39, 0.29) is 18.6 Å². The maximum atomic E-state index is 12.3. The number of amides is 1. The Morgan fingerprint density at radius 1 is 1.61 bits per heavy atom. The van der Waals surface area contributed by atoms with Gasteiger partial charge in [-0.1, -0.05) is 11.8 Å². The third kappa shape index (κ3) is 2.72. The first-order valence-electron chi connectivity index (χ1n) is 5.97. The first-order valence-corrected chi connectivity index (χ1v) is 6.78. The first-order chi connectivity index (χ1) is 8.76. The van der Waals surface area contributed by atoms with E-state index in [0.29, 0.717) is 11.4 Å². The van der Waals surface area contributed by atoms with Gasteiger partial charge in [0.15, 0.2) is 0 Å². The smallest absolute Gasteiger partial charge is 0.264 e. The van der Waals surface area contributed by atoms with Crippen molar-refractivity contribution in [2.75, 3.05) is 19.7 Å². The summed E-state index contributed by atoms with van der Waals surface area (Å²) >= 11 is 1.38. The predicted octanol–water partition coefficient (Wildman–Crippen LogP) is 0.655. The molecular weight excluding hydrogens is 248 g/mol. The van der Waals surface area contributed by atoms with E-state index in [2.05, 4.69) is 11.8 Å². The largest absolute Gasteiger partial charge is 0.394 e. The molecule has 0 aromatic carbocycles. The molecule has 0 aliphatic carbocycles. The summed E-state index contributed by atoms with van der Waals surface area (Å²) in [5, 5.41) is 9.23. The number of hydrogen-bond acceptors (Lipinski definition) is 4. The summed E-state index contributed by atoms with van der Waals surface area (Å²) in [5.74, 6) is 5.69. The van der Waals surface area contributed by atoms with Crippen molar-refractivity contribution in [1.82, 2.24) is 4.90 Å². The summed E-state index contributed by atoms with van der Waals surface area (Å²) in [4.78, 5) is 15.5. The lowest BCUT2D eigenvalue weighted by atomic mass is 10.2. The summed E-state index contributed by atoms with van der Waals surface area (Å²) in [5.41, 5.74) is 5.31. The number of nitrogens with zero attached hydrogens (tertiary/aromatic N) is 1. The minimum absolute atomic E-state index is 0.00246. The van der Waals surface area contributed by atoms with Gasteiger partial charge >= 0.3 is 0 Å². The van der Waals surface area contributed by atoms with Gasteiger partial charge in [-0.15, -0.1) is 11.3 Å². The molecule has 5 heteroatoms. The number of aliphatic hydroxyl groups is 1. The molecule has 1 unspecified atom stereocenters. The summed E-state index contributed by atoms with van der Waals surface area (Å²) < 4.78 is 0. The zero-order valence-corrected chi connectivity index (χ0v) is 10.9. The number of carbonyl (C=O) groups excluding carboxylic acids is 1. The molecule has 18 heavy (non-hydrogen) atoms. The number of aliphatic hydroxyl groups excluding tert-OH is 1. The highest BCUT2D eigenvalue weighted by atomic mass is 32.1. The molecule has 1 atom stereocenters. The Balaban J connectivity index is 2.11. The average Bonchev–Trinajstić information content (AvgIpc) is 3.04. The van der Waals surface area contributed by atoms with Gasteiger partial charge in [0.2, 0.25) is 0 Å². The lowest BCUT2D eigenvalue weighted by molar-refractivity contribution is 0.0682. The predicted molar refractivity (Wildman–Crippen MR) is 71.4 cm³/mol. The van der Waals surface area contributed by atoms with Gasteiger partial charge in [0.25, 0.3) is 5.91 Å². The number of hydrogen-bond donors (Lipinski definition) is 2. The third-order valence-electron chi connectivity index (χ3n) is 2.98. The molecule has 0 radical (unpaired) electrons. The van der Waals surface area contributed by atoms with E-state index in [1.165, 1.54) is 11.3 Å². The summed E-state index contributed by atoms with van der Waals surface area (Å²) in [6, 6.07) is 3.60. The molecule has 4 nitrogen and oxygen atoms in total. The summed E-state index contributed by atoms with van der Waals surface area (Å²) in [6.07, 6.45) is 1.84. The van der Waals surface area contributed by atoms with Crippen LogP contribution in [0.1, 0.15) is 27.4 Å². The van der Waals surface area contributed by atoms with Crippen LogP contribution in [0.4, 0.5) is 0 Å². The van der Waals surface area contributed by atoms with E-state index in [4.69, 9.17) is 5.73 Å². The Morgan fingerprint density at radius 3 is 3.17 bits per heavy atom. The van der Waals surface area contributed by atoms with Crippen molar-refractivity contribution in [2.45, 2.75) is 18.9 Å². The Morgan fingerprint density at radius 2 is 2.44 bits per heavy atom. The summed E-state index contributed by atoms with van der Waals surface area (Å²) in [6.45, 7) is 1.09. The SMILES string of the molecule is NCC#Cc1ccc(C(=O)N2CCCC2CO)s1. The average molecular weight is 264 g/mol. The van der Waals surface area contributed by atoms with E-state index < -0.39 is 0 Å². The zero-order valence-electron chi connectivity index (χ0n) is 10.1. The van der Waals surface area contributed by atoms with Crippen LogP contribution >= 0.6 is 11.3 Å². The van der Waals surface area contributed by atoms with Crippen molar-refractivity contribution < 1.29 is 9.90 Å². The van der Waals surface area contributed by atoms with Crippen molar-refractivity contribution in [3.05, 3.63) is 21.9 Å². The van der Waals surface area contributed by atoms with Gasteiger partial charge in [0.1, 0.15) is 0 Å². The highest BCUT2D eigenvalue weighted by Crippen LogP contribution is 2.23. The zero-order chi connectivity index (χ0) is 13.0. The fourth-order valence-corrected chi connectivity index (χ4v) is 2.93. The minimum atomic E-state index is -0.0295. The lowest BCUT2D eigenvalue weighted by Gasteiger charge is -2.22. The Kier molecular flexibility index (Phi) is 4.37. The Labute approximate surface area is 110 Å². The molecule has 96 valence electrons. The van der Waals surface area contributed by atoms with Gasteiger partial charge in [-0.2, -0.15) is 0 Å². The van der Waals surface area contributed by atoms with Crippen LogP contribution in [0.15, 0.2) is 12.1 Å². The second kappa shape index (κ2) is 6.01. The molecule has 1 aromatic heterocycles.